The lowest BCUT2D eigenvalue weighted by Gasteiger charge is -2.08. The second kappa shape index (κ2) is 6.61. The summed E-state index contributed by atoms with van der Waals surface area (Å²) in [5.74, 6) is 1.28. The number of ether oxygens (including phenoxy) is 1. The monoisotopic (exact) mass is 390 g/mol. The van der Waals surface area contributed by atoms with E-state index in [2.05, 4.69) is 15.2 Å². The van der Waals surface area contributed by atoms with Crippen molar-refractivity contribution in [2.75, 3.05) is 0 Å². The molecule has 0 radical (unpaired) electrons. The highest BCUT2D eigenvalue weighted by atomic mass is 35.5. The summed E-state index contributed by atoms with van der Waals surface area (Å²) < 4.78 is 9.23. The summed E-state index contributed by atoms with van der Waals surface area (Å²) in [6, 6.07) is 15.4. The Hall–Kier alpha value is -3.45. The van der Waals surface area contributed by atoms with Gasteiger partial charge in [-0.05, 0) is 23.8 Å². The third-order valence-electron chi connectivity index (χ3n) is 4.49. The van der Waals surface area contributed by atoms with Crippen LogP contribution in [0.3, 0.4) is 0 Å². The minimum Gasteiger partial charge on any atom is -0.487 e. The van der Waals surface area contributed by atoms with Gasteiger partial charge in [0.25, 0.3) is 0 Å². The first-order chi connectivity index (χ1) is 13.7. The van der Waals surface area contributed by atoms with Crippen LogP contribution in [0.5, 0.6) is 5.75 Å². The van der Waals surface area contributed by atoms with Gasteiger partial charge >= 0.3 is 0 Å². The van der Waals surface area contributed by atoms with Gasteiger partial charge in [-0.3, -0.25) is 4.68 Å². The molecule has 0 unspecified atom stereocenters. The van der Waals surface area contributed by atoms with E-state index in [1.54, 1.807) is 27.8 Å². The van der Waals surface area contributed by atoms with Gasteiger partial charge in [-0.25, -0.2) is 14.5 Å². The lowest BCUT2D eigenvalue weighted by atomic mass is 10.1. The molecule has 0 atom stereocenters. The number of aryl methyl sites for hydroxylation is 1. The highest BCUT2D eigenvalue weighted by Gasteiger charge is 2.13. The lowest BCUT2D eigenvalue weighted by Crippen LogP contribution is -1.96. The maximum atomic E-state index is 6.15. The van der Waals surface area contributed by atoms with Gasteiger partial charge in [0, 0.05) is 12.6 Å². The second-order valence-corrected chi connectivity index (χ2v) is 6.78. The fourth-order valence-electron chi connectivity index (χ4n) is 3.08. The molecular weight excluding hydrogens is 376 g/mol. The van der Waals surface area contributed by atoms with E-state index in [4.69, 9.17) is 21.3 Å². The maximum absolute atomic E-state index is 6.15. The van der Waals surface area contributed by atoms with E-state index in [1.807, 2.05) is 49.5 Å². The summed E-state index contributed by atoms with van der Waals surface area (Å²) in [4.78, 5) is 9.09. The number of para-hydroxylation sites is 1. The number of nitrogens with zero attached hydrogens (tertiary/aromatic N) is 6. The van der Waals surface area contributed by atoms with Crippen LogP contribution >= 0.6 is 11.6 Å². The van der Waals surface area contributed by atoms with Crippen molar-refractivity contribution in [2.45, 2.75) is 6.61 Å². The van der Waals surface area contributed by atoms with Crippen molar-refractivity contribution in [1.29, 1.82) is 0 Å². The number of halogens is 1. The van der Waals surface area contributed by atoms with Crippen LogP contribution < -0.4 is 4.74 Å². The van der Waals surface area contributed by atoms with Crippen LogP contribution in [0.4, 0.5) is 0 Å². The van der Waals surface area contributed by atoms with E-state index in [-0.39, 0.29) is 0 Å². The van der Waals surface area contributed by atoms with Crippen LogP contribution in [0.2, 0.25) is 5.02 Å². The molecule has 5 rings (SSSR count). The third kappa shape index (κ3) is 2.86. The Morgan fingerprint density at radius 3 is 2.86 bits per heavy atom. The van der Waals surface area contributed by atoms with Gasteiger partial charge in [0.2, 0.25) is 0 Å². The van der Waals surface area contributed by atoms with Crippen LogP contribution in [0.15, 0.2) is 61.1 Å². The Balaban J connectivity index is 1.47. The molecule has 3 heterocycles. The molecule has 0 fully saturated rings. The number of rotatable bonds is 4. The van der Waals surface area contributed by atoms with Crippen LogP contribution in [-0.2, 0) is 13.7 Å². The van der Waals surface area contributed by atoms with Gasteiger partial charge in [-0.1, -0.05) is 41.9 Å². The number of hydrogen-bond acceptors (Lipinski definition) is 5. The van der Waals surface area contributed by atoms with E-state index in [1.165, 1.54) is 0 Å². The second-order valence-electron chi connectivity index (χ2n) is 6.37. The molecule has 28 heavy (non-hydrogen) atoms. The number of fused-ring (bicyclic) bond motifs is 3. The summed E-state index contributed by atoms with van der Waals surface area (Å²) in [5.41, 5.74) is 3.40. The highest BCUT2D eigenvalue weighted by Crippen LogP contribution is 2.25. The molecule has 0 amide bonds. The molecule has 0 aliphatic rings. The molecule has 0 aliphatic carbocycles. The average Bonchev–Trinajstić information content (AvgIpc) is 3.31. The fraction of sp³-hybridized carbons (Fsp3) is 0.100. The Morgan fingerprint density at radius 1 is 1.07 bits per heavy atom. The van der Waals surface area contributed by atoms with Crippen LogP contribution in [0.25, 0.3) is 28.1 Å². The predicted molar refractivity (Wildman–Crippen MR) is 106 cm³/mol. The average molecular weight is 391 g/mol. The molecule has 0 spiro atoms. The smallest absolute Gasteiger partial charge is 0.182 e. The molecule has 0 N–H and O–H groups in total. The summed E-state index contributed by atoms with van der Waals surface area (Å²) in [6.45, 7) is 0.402. The molecule has 7 nitrogen and oxygen atoms in total. The van der Waals surface area contributed by atoms with Crippen molar-refractivity contribution < 1.29 is 4.74 Å². The van der Waals surface area contributed by atoms with Crippen molar-refractivity contribution in [3.63, 3.8) is 0 Å². The summed E-state index contributed by atoms with van der Waals surface area (Å²) >= 11 is 6.15. The number of aromatic nitrogens is 6. The highest BCUT2D eigenvalue weighted by molar-refractivity contribution is 6.32. The number of benzene rings is 2. The molecule has 0 bridgehead atoms. The predicted octanol–water partition coefficient (Wildman–Crippen LogP) is 3.91. The minimum atomic E-state index is 0.402. The summed E-state index contributed by atoms with van der Waals surface area (Å²) in [7, 11) is 1.85. The van der Waals surface area contributed by atoms with E-state index >= 15 is 0 Å². The summed E-state index contributed by atoms with van der Waals surface area (Å²) in [5, 5.41) is 10.3. The number of hydrogen-bond donors (Lipinski definition) is 0. The third-order valence-corrected chi connectivity index (χ3v) is 4.80. The van der Waals surface area contributed by atoms with Crippen molar-refractivity contribution in [2.24, 2.45) is 7.05 Å². The first kappa shape index (κ1) is 16.7. The van der Waals surface area contributed by atoms with Gasteiger partial charge in [0.1, 0.15) is 18.7 Å². The topological polar surface area (TPSA) is 70.1 Å². The SMILES string of the molecule is Cn1ncc2c1ncn1nc(-c3cccc(COc4ccccc4Cl)c3)nc21. The Morgan fingerprint density at radius 2 is 1.96 bits per heavy atom. The minimum absolute atomic E-state index is 0.402. The fourth-order valence-corrected chi connectivity index (χ4v) is 3.27. The molecule has 5 aromatic rings. The maximum Gasteiger partial charge on any atom is 0.182 e. The van der Waals surface area contributed by atoms with Crippen LogP contribution in [0, 0.1) is 0 Å². The van der Waals surface area contributed by atoms with Gasteiger partial charge < -0.3 is 4.74 Å². The standard InChI is InChI=1S/C20H15ClN6O/c1-26-19-15(10-23-26)20-24-18(25-27(20)12-22-19)14-6-4-5-13(9-14)11-28-17-8-3-2-7-16(17)21/h2-10,12H,11H2,1H3. The first-order valence-corrected chi connectivity index (χ1v) is 9.06. The van der Waals surface area contributed by atoms with E-state index in [9.17, 15) is 0 Å². The Bertz CT molecular complexity index is 1310. The molecular formula is C20H15ClN6O. The van der Waals surface area contributed by atoms with Crippen molar-refractivity contribution in [3.8, 4) is 17.1 Å². The molecule has 0 saturated heterocycles. The van der Waals surface area contributed by atoms with Crippen molar-refractivity contribution in [1.82, 2.24) is 29.4 Å². The van der Waals surface area contributed by atoms with Gasteiger partial charge in [-0.2, -0.15) is 5.10 Å². The van der Waals surface area contributed by atoms with Crippen LogP contribution in [-0.4, -0.2) is 29.4 Å². The normalized spacial score (nSPS) is 11.4. The van der Waals surface area contributed by atoms with E-state index < -0.39 is 0 Å². The largest absolute Gasteiger partial charge is 0.487 e. The lowest BCUT2D eigenvalue weighted by molar-refractivity contribution is 0.306. The first-order valence-electron chi connectivity index (χ1n) is 8.69. The van der Waals surface area contributed by atoms with Gasteiger partial charge in [0.15, 0.2) is 17.1 Å². The van der Waals surface area contributed by atoms with Gasteiger partial charge in [-0.15, -0.1) is 5.10 Å². The zero-order chi connectivity index (χ0) is 19.1. The molecule has 2 aromatic carbocycles. The zero-order valence-electron chi connectivity index (χ0n) is 15.0. The Kier molecular flexibility index (Phi) is 3.95. The van der Waals surface area contributed by atoms with Gasteiger partial charge in [0.05, 0.1) is 16.6 Å². The molecule has 0 aliphatic heterocycles. The quantitative estimate of drug-likeness (QED) is 0.465. The summed E-state index contributed by atoms with van der Waals surface area (Å²) in [6.07, 6.45) is 3.41. The Labute approximate surface area is 165 Å². The van der Waals surface area contributed by atoms with Crippen molar-refractivity contribution >= 4 is 28.3 Å². The molecule has 0 saturated carbocycles. The molecule has 3 aromatic heterocycles. The van der Waals surface area contributed by atoms with E-state index in [0.717, 1.165) is 27.8 Å². The van der Waals surface area contributed by atoms with Crippen LogP contribution in [0.1, 0.15) is 5.56 Å². The molecule has 8 heteroatoms. The van der Waals surface area contributed by atoms with E-state index in [0.29, 0.717) is 23.2 Å². The zero-order valence-corrected chi connectivity index (χ0v) is 15.7. The van der Waals surface area contributed by atoms with Crippen molar-refractivity contribution in [3.05, 3.63) is 71.6 Å². The molecule has 138 valence electrons.